The van der Waals surface area contributed by atoms with Crippen molar-refractivity contribution in [1.29, 1.82) is 0 Å². The summed E-state index contributed by atoms with van der Waals surface area (Å²) in [7, 11) is -3.89. The van der Waals surface area contributed by atoms with Gasteiger partial charge in [-0.3, -0.25) is 0 Å². The molecular formula is C27H35NO4S. The van der Waals surface area contributed by atoms with E-state index in [0.717, 1.165) is 55.2 Å². The third-order valence-corrected chi connectivity index (χ3v) is 9.21. The van der Waals surface area contributed by atoms with Crippen LogP contribution in [0.5, 0.6) is 11.5 Å². The standard InChI is InChI=1S/C27H35NO4S/c1-5-6-7-9-20-15-23(29)24(22-14-19(4)10-11-21(22)18(2)3)25(30)26(20)33(31,32)28-16-27(17-28)12-8-13-27/h10-11,14-15,29-30H,2,5-9,12-13,16-17H2,1,3-4H3. The van der Waals surface area contributed by atoms with E-state index < -0.39 is 10.0 Å². The summed E-state index contributed by atoms with van der Waals surface area (Å²) in [4.78, 5) is -0.0465. The molecule has 1 spiro atoms. The maximum absolute atomic E-state index is 13.8. The third-order valence-electron chi connectivity index (χ3n) is 7.30. The summed E-state index contributed by atoms with van der Waals surface area (Å²) in [5.41, 5.74) is 3.86. The minimum Gasteiger partial charge on any atom is -0.507 e. The van der Waals surface area contributed by atoms with Gasteiger partial charge in [-0.05, 0) is 67.7 Å². The van der Waals surface area contributed by atoms with Gasteiger partial charge in [0.05, 0.1) is 5.56 Å². The topological polar surface area (TPSA) is 77.8 Å². The van der Waals surface area contributed by atoms with Gasteiger partial charge in [0.15, 0.2) is 0 Å². The van der Waals surface area contributed by atoms with E-state index in [4.69, 9.17) is 0 Å². The molecule has 2 N–H and O–H groups in total. The molecule has 2 aromatic rings. The Morgan fingerprint density at radius 3 is 2.42 bits per heavy atom. The van der Waals surface area contributed by atoms with Crippen molar-refractivity contribution >= 4 is 15.6 Å². The average Bonchev–Trinajstić information content (AvgIpc) is 2.65. The Hall–Kier alpha value is -2.31. The number of aryl methyl sites for hydroxylation is 2. The second-order valence-electron chi connectivity index (χ2n) is 10.0. The molecule has 0 aromatic heterocycles. The van der Waals surface area contributed by atoms with Gasteiger partial charge in [0, 0.05) is 13.1 Å². The highest BCUT2D eigenvalue weighted by atomic mass is 32.2. The van der Waals surface area contributed by atoms with Gasteiger partial charge in [-0.15, -0.1) is 0 Å². The number of benzene rings is 2. The number of phenols is 2. The first-order valence-corrected chi connectivity index (χ1v) is 13.4. The van der Waals surface area contributed by atoms with E-state index in [1.165, 1.54) is 4.31 Å². The Labute approximate surface area is 197 Å². The van der Waals surface area contributed by atoms with E-state index >= 15 is 0 Å². The van der Waals surface area contributed by atoms with Gasteiger partial charge in [-0.1, -0.05) is 62.1 Å². The molecule has 2 aromatic carbocycles. The fourth-order valence-electron chi connectivity index (χ4n) is 5.23. The van der Waals surface area contributed by atoms with Crippen LogP contribution in [0.25, 0.3) is 16.7 Å². The van der Waals surface area contributed by atoms with Gasteiger partial charge < -0.3 is 10.2 Å². The van der Waals surface area contributed by atoms with Gasteiger partial charge in [-0.25, -0.2) is 8.42 Å². The van der Waals surface area contributed by atoms with Crippen molar-refractivity contribution < 1.29 is 18.6 Å². The molecule has 2 fully saturated rings. The number of unbranched alkanes of at least 4 members (excludes halogenated alkanes) is 2. The zero-order chi connectivity index (χ0) is 24.0. The van der Waals surface area contributed by atoms with E-state index in [-0.39, 0.29) is 27.4 Å². The highest BCUT2D eigenvalue weighted by molar-refractivity contribution is 7.89. The van der Waals surface area contributed by atoms with Crippen molar-refractivity contribution in [2.45, 2.75) is 70.6 Å². The molecule has 1 aliphatic carbocycles. The predicted octanol–water partition coefficient (Wildman–Crippen LogP) is 6.01. The Bertz CT molecular complexity index is 1190. The Morgan fingerprint density at radius 2 is 1.85 bits per heavy atom. The predicted molar refractivity (Wildman–Crippen MR) is 133 cm³/mol. The average molecular weight is 470 g/mol. The maximum Gasteiger partial charge on any atom is 0.247 e. The fourth-order valence-corrected chi connectivity index (χ4v) is 7.21. The molecular weight excluding hydrogens is 434 g/mol. The van der Waals surface area contributed by atoms with E-state index in [9.17, 15) is 18.6 Å². The molecule has 0 unspecified atom stereocenters. The van der Waals surface area contributed by atoms with E-state index in [0.29, 0.717) is 30.6 Å². The normalized spacial score (nSPS) is 17.5. The monoisotopic (exact) mass is 469 g/mol. The number of aromatic hydroxyl groups is 2. The van der Waals surface area contributed by atoms with Gasteiger partial charge in [0.1, 0.15) is 16.4 Å². The number of hydrogen-bond donors (Lipinski definition) is 2. The number of sulfonamides is 1. The van der Waals surface area contributed by atoms with Gasteiger partial charge >= 0.3 is 0 Å². The molecule has 0 radical (unpaired) electrons. The van der Waals surface area contributed by atoms with Crippen LogP contribution in [0.15, 0.2) is 35.7 Å². The van der Waals surface area contributed by atoms with Crippen LogP contribution in [0, 0.1) is 12.3 Å². The van der Waals surface area contributed by atoms with Crippen LogP contribution in [0.1, 0.15) is 69.1 Å². The summed E-state index contributed by atoms with van der Waals surface area (Å²) in [5.74, 6) is -0.464. The quantitative estimate of drug-likeness (QED) is 0.464. The Balaban J connectivity index is 1.87. The number of hydrogen-bond acceptors (Lipinski definition) is 4. The minimum absolute atomic E-state index is 0.0465. The summed E-state index contributed by atoms with van der Waals surface area (Å²) < 4.78 is 29.0. The molecule has 4 rings (SSSR count). The number of allylic oxidation sites excluding steroid dienone is 1. The second kappa shape index (κ2) is 8.80. The lowest BCUT2D eigenvalue weighted by Crippen LogP contribution is -2.61. The van der Waals surface area contributed by atoms with Crippen molar-refractivity contribution in [1.82, 2.24) is 4.31 Å². The lowest BCUT2D eigenvalue weighted by atomic mass is 9.65. The van der Waals surface area contributed by atoms with Crippen LogP contribution in [0.4, 0.5) is 0 Å². The molecule has 0 amide bonds. The van der Waals surface area contributed by atoms with Gasteiger partial charge in [0.25, 0.3) is 0 Å². The van der Waals surface area contributed by atoms with Crippen LogP contribution in [-0.2, 0) is 16.4 Å². The Kier molecular flexibility index (Phi) is 6.36. The molecule has 1 heterocycles. The third kappa shape index (κ3) is 4.19. The maximum atomic E-state index is 13.8. The number of nitrogens with zero attached hydrogens (tertiary/aromatic N) is 1. The van der Waals surface area contributed by atoms with E-state index in [1.807, 2.05) is 32.0 Å². The van der Waals surface area contributed by atoms with Crippen molar-refractivity contribution in [2.75, 3.05) is 13.1 Å². The summed E-state index contributed by atoms with van der Waals surface area (Å²) in [6, 6.07) is 7.24. The van der Waals surface area contributed by atoms with Crippen LogP contribution < -0.4 is 0 Å². The smallest absolute Gasteiger partial charge is 0.247 e. The molecule has 5 nitrogen and oxygen atoms in total. The van der Waals surface area contributed by atoms with Crippen LogP contribution in [-0.4, -0.2) is 36.0 Å². The second-order valence-corrected chi connectivity index (χ2v) is 11.9. The van der Waals surface area contributed by atoms with Crippen molar-refractivity contribution in [3.8, 4) is 22.6 Å². The summed E-state index contributed by atoms with van der Waals surface area (Å²) in [5, 5.41) is 22.5. The molecule has 1 saturated carbocycles. The SMILES string of the molecule is C=C(C)c1ccc(C)cc1-c1c(O)cc(CCCCC)c(S(=O)(=O)N2CC3(CCC3)C2)c1O. The zero-order valence-corrected chi connectivity index (χ0v) is 20.8. The Morgan fingerprint density at radius 1 is 1.15 bits per heavy atom. The first-order valence-electron chi connectivity index (χ1n) is 11.9. The lowest BCUT2D eigenvalue weighted by Gasteiger charge is -2.55. The highest BCUT2D eigenvalue weighted by Crippen LogP contribution is 2.52. The first kappa shape index (κ1) is 23.8. The largest absolute Gasteiger partial charge is 0.507 e. The number of phenolic OH excluding ortho intramolecular Hbond substituents is 2. The molecule has 0 atom stereocenters. The minimum atomic E-state index is -3.89. The van der Waals surface area contributed by atoms with E-state index in [1.54, 1.807) is 6.07 Å². The van der Waals surface area contributed by atoms with Crippen molar-refractivity contribution in [2.24, 2.45) is 5.41 Å². The van der Waals surface area contributed by atoms with Crippen LogP contribution in [0.2, 0.25) is 0 Å². The summed E-state index contributed by atoms with van der Waals surface area (Å²) in [6.45, 7) is 10.9. The highest BCUT2D eigenvalue weighted by Gasteiger charge is 2.52. The number of rotatable bonds is 8. The molecule has 178 valence electrons. The molecule has 6 heteroatoms. The molecule has 1 aliphatic heterocycles. The molecule has 0 bridgehead atoms. The molecule has 1 saturated heterocycles. The van der Waals surface area contributed by atoms with Crippen molar-refractivity contribution in [3.63, 3.8) is 0 Å². The van der Waals surface area contributed by atoms with Crippen LogP contribution >= 0.6 is 0 Å². The summed E-state index contributed by atoms with van der Waals surface area (Å²) in [6.07, 6.45) is 6.53. The lowest BCUT2D eigenvalue weighted by molar-refractivity contribution is -0.00803. The van der Waals surface area contributed by atoms with Crippen molar-refractivity contribution in [3.05, 3.63) is 47.5 Å². The first-order chi connectivity index (χ1) is 15.6. The fraction of sp³-hybridized carbons (Fsp3) is 0.481. The molecule has 2 aliphatic rings. The van der Waals surface area contributed by atoms with E-state index in [2.05, 4.69) is 13.5 Å². The summed E-state index contributed by atoms with van der Waals surface area (Å²) >= 11 is 0. The zero-order valence-electron chi connectivity index (χ0n) is 19.9. The molecule has 33 heavy (non-hydrogen) atoms. The van der Waals surface area contributed by atoms with Crippen LogP contribution in [0.3, 0.4) is 0 Å². The van der Waals surface area contributed by atoms with Gasteiger partial charge in [-0.2, -0.15) is 4.31 Å². The van der Waals surface area contributed by atoms with Gasteiger partial charge in [0.2, 0.25) is 10.0 Å².